The van der Waals surface area contributed by atoms with Gasteiger partial charge in [-0.05, 0) is 18.1 Å². The summed E-state index contributed by atoms with van der Waals surface area (Å²) in [6.07, 6.45) is 0.419. The molecule has 1 heterocycles. The number of benzene rings is 2. The summed E-state index contributed by atoms with van der Waals surface area (Å²) in [6.45, 7) is 2.52. The predicted octanol–water partition coefficient (Wildman–Crippen LogP) is 3.33. The Morgan fingerprint density at radius 3 is 2.18 bits per heavy atom. The van der Waals surface area contributed by atoms with Crippen LogP contribution in [-0.4, -0.2) is 23.1 Å². The van der Waals surface area contributed by atoms with Crippen LogP contribution in [0.3, 0.4) is 0 Å². The molecule has 0 radical (unpaired) electrons. The zero-order valence-corrected chi connectivity index (χ0v) is 12.6. The zero-order chi connectivity index (χ0) is 15.5. The highest BCUT2D eigenvalue weighted by Gasteiger charge is 2.38. The number of hydrogen-bond acceptors (Lipinski definition) is 2. The molecule has 0 N–H and O–H groups in total. The van der Waals surface area contributed by atoms with E-state index in [1.54, 1.807) is 0 Å². The number of carbonyl (C=O) groups is 2. The molecule has 2 atom stereocenters. The molecule has 1 aliphatic heterocycles. The van der Waals surface area contributed by atoms with Gasteiger partial charge in [0.1, 0.15) is 5.92 Å². The molecule has 2 aromatic rings. The Morgan fingerprint density at radius 2 is 1.55 bits per heavy atom. The number of ketones is 1. The van der Waals surface area contributed by atoms with Gasteiger partial charge < -0.3 is 4.90 Å². The van der Waals surface area contributed by atoms with Gasteiger partial charge in [-0.2, -0.15) is 0 Å². The smallest absolute Gasteiger partial charge is 0.238 e. The van der Waals surface area contributed by atoms with Gasteiger partial charge in [-0.1, -0.05) is 60.7 Å². The van der Waals surface area contributed by atoms with Crippen molar-refractivity contribution in [1.82, 2.24) is 4.90 Å². The van der Waals surface area contributed by atoms with E-state index in [4.69, 9.17) is 0 Å². The highest BCUT2D eigenvalue weighted by Crippen LogP contribution is 2.31. The standard InChI is InChI=1S/C19H19NO2/c1-14(15-8-4-2-5-9-15)20-13-12-17(21)18(19(20)22)16-10-6-3-7-11-16/h2-11,14,18H,12-13H2,1H3. The van der Waals surface area contributed by atoms with Gasteiger partial charge in [0.05, 0.1) is 6.04 Å². The molecule has 1 saturated heterocycles. The average Bonchev–Trinajstić information content (AvgIpc) is 2.56. The van der Waals surface area contributed by atoms with Gasteiger partial charge in [0.25, 0.3) is 0 Å². The molecular formula is C19H19NO2. The molecule has 2 unspecified atom stereocenters. The monoisotopic (exact) mass is 293 g/mol. The molecule has 1 amide bonds. The number of hydrogen-bond donors (Lipinski definition) is 0. The summed E-state index contributed by atoms with van der Waals surface area (Å²) in [6, 6.07) is 19.3. The van der Waals surface area contributed by atoms with Crippen LogP contribution in [0.2, 0.25) is 0 Å². The third-order valence-corrected chi connectivity index (χ3v) is 4.33. The average molecular weight is 293 g/mol. The van der Waals surface area contributed by atoms with Crippen molar-refractivity contribution < 1.29 is 9.59 Å². The lowest BCUT2D eigenvalue weighted by Crippen LogP contribution is -2.45. The lowest BCUT2D eigenvalue weighted by molar-refractivity contribution is -0.143. The Labute approximate surface area is 130 Å². The lowest BCUT2D eigenvalue weighted by Gasteiger charge is -2.36. The first kappa shape index (κ1) is 14.5. The second kappa shape index (κ2) is 6.14. The molecule has 0 spiro atoms. The summed E-state index contributed by atoms with van der Waals surface area (Å²) < 4.78 is 0. The topological polar surface area (TPSA) is 37.4 Å². The van der Waals surface area contributed by atoms with Gasteiger partial charge in [-0.25, -0.2) is 0 Å². The van der Waals surface area contributed by atoms with E-state index in [9.17, 15) is 9.59 Å². The number of rotatable bonds is 3. The van der Waals surface area contributed by atoms with Crippen molar-refractivity contribution in [2.24, 2.45) is 0 Å². The summed E-state index contributed by atoms with van der Waals surface area (Å²) >= 11 is 0. The van der Waals surface area contributed by atoms with Crippen LogP contribution in [-0.2, 0) is 9.59 Å². The fraction of sp³-hybridized carbons (Fsp3) is 0.263. The van der Waals surface area contributed by atoms with E-state index < -0.39 is 5.92 Å². The molecule has 112 valence electrons. The highest BCUT2D eigenvalue weighted by molar-refractivity contribution is 6.08. The minimum atomic E-state index is -0.652. The molecule has 0 bridgehead atoms. The lowest BCUT2D eigenvalue weighted by atomic mass is 9.87. The van der Waals surface area contributed by atoms with Crippen molar-refractivity contribution in [3.05, 3.63) is 71.8 Å². The van der Waals surface area contributed by atoms with Crippen LogP contribution in [0.15, 0.2) is 60.7 Å². The van der Waals surface area contributed by atoms with Crippen molar-refractivity contribution >= 4 is 11.7 Å². The predicted molar refractivity (Wildman–Crippen MR) is 85.4 cm³/mol. The third kappa shape index (κ3) is 2.67. The van der Waals surface area contributed by atoms with E-state index in [0.717, 1.165) is 11.1 Å². The molecular weight excluding hydrogens is 274 g/mol. The fourth-order valence-electron chi connectivity index (χ4n) is 3.06. The molecule has 22 heavy (non-hydrogen) atoms. The molecule has 0 saturated carbocycles. The Bertz CT molecular complexity index is 666. The van der Waals surface area contributed by atoms with E-state index in [1.807, 2.05) is 72.5 Å². The molecule has 0 aliphatic carbocycles. The first-order valence-electron chi connectivity index (χ1n) is 7.61. The van der Waals surface area contributed by atoms with Crippen LogP contribution in [0.5, 0.6) is 0 Å². The zero-order valence-electron chi connectivity index (χ0n) is 12.6. The van der Waals surface area contributed by atoms with Crippen LogP contribution in [0.1, 0.15) is 36.4 Å². The second-order valence-electron chi connectivity index (χ2n) is 5.68. The van der Waals surface area contributed by atoms with E-state index in [1.165, 1.54) is 0 Å². The largest absolute Gasteiger partial charge is 0.335 e. The SMILES string of the molecule is CC(c1ccccc1)N1CCC(=O)C(c2ccccc2)C1=O. The second-order valence-corrected chi connectivity index (χ2v) is 5.68. The maximum absolute atomic E-state index is 12.9. The van der Waals surface area contributed by atoms with Gasteiger partial charge in [0.2, 0.25) is 5.91 Å². The van der Waals surface area contributed by atoms with Crippen LogP contribution in [0, 0.1) is 0 Å². The summed E-state index contributed by atoms with van der Waals surface area (Å²) in [4.78, 5) is 26.9. The number of Topliss-reactive ketones (excluding diaryl/α,β-unsaturated/α-hetero) is 1. The molecule has 1 fully saturated rings. The van der Waals surface area contributed by atoms with Gasteiger partial charge in [-0.15, -0.1) is 0 Å². The Morgan fingerprint density at radius 1 is 0.955 bits per heavy atom. The van der Waals surface area contributed by atoms with E-state index in [2.05, 4.69) is 0 Å². The van der Waals surface area contributed by atoms with Gasteiger partial charge in [-0.3, -0.25) is 9.59 Å². The van der Waals surface area contributed by atoms with Gasteiger partial charge in [0, 0.05) is 13.0 Å². The van der Waals surface area contributed by atoms with Crippen molar-refractivity contribution in [3.8, 4) is 0 Å². The van der Waals surface area contributed by atoms with Crippen molar-refractivity contribution in [3.63, 3.8) is 0 Å². The van der Waals surface area contributed by atoms with Crippen LogP contribution in [0.25, 0.3) is 0 Å². The Balaban J connectivity index is 1.89. The van der Waals surface area contributed by atoms with Crippen molar-refractivity contribution in [1.29, 1.82) is 0 Å². The van der Waals surface area contributed by atoms with E-state index in [-0.39, 0.29) is 17.7 Å². The molecule has 3 nitrogen and oxygen atoms in total. The number of amides is 1. The van der Waals surface area contributed by atoms with E-state index in [0.29, 0.717) is 13.0 Å². The maximum atomic E-state index is 12.9. The Kier molecular flexibility index (Phi) is 4.05. The third-order valence-electron chi connectivity index (χ3n) is 4.33. The maximum Gasteiger partial charge on any atom is 0.238 e. The van der Waals surface area contributed by atoms with Gasteiger partial charge >= 0.3 is 0 Å². The highest BCUT2D eigenvalue weighted by atomic mass is 16.2. The summed E-state index contributed by atoms with van der Waals surface area (Å²) in [5.41, 5.74) is 1.89. The first-order valence-corrected chi connectivity index (χ1v) is 7.61. The van der Waals surface area contributed by atoms with Crippen molar-refractivity contribution in [2.45, 2.75) is 25.3 Å². The van der Waals surface area contributed by atoms with Gasteiger partial charge in [0.15, 0.2) is 5.78 Å². The normalized spacial score (nSPS) is 20.0. The number of likely N-dealkylation sites (tertiary alicyclic amines) is 1. The number of piperidine rings is 1. The molecule has 0 aromatic heterocycles. The van der Waals surface area contributed by atoms with E-state index >= 15 is 0 Å². The molecule has 3 rings (SSSR count). The van der Waals surface area contributed by atoms with Crippen LogP contribution < -0.4 is 0 Å². The molecule has 3 heteroatoms. The Hall–Kier alpha value is -2.42. The van der Waals surface area contributed by atoms with Crippen LogP contribution in [0.4, 0.5) is 0 Å². The quantitative estimate of drug-likeness (QED) is 0.814. The summed E-state index contributed by atoms with van der Waals surface area (Å²) in [7, 11) is 0. The summed E-state index contributed by atoms with van der Waals surface area (Å²) in [5, 5.41) is 0. The number of nitrogens with zero attached hydrogens (tertiary/aromatic N) is 1. The fourth-order valence-corrected chi connectivity index (χ4v) is 3.06. The first-order chi connectivity index (χ1) is 10.7. The van der Waals surface area contributed by atoms with Crippen LogP contribution >= 0.6 is 0 Å². The number of carbonyl (C=O) groups excluding carboxylic acids is 2. The molecule has 1 aliphatic rings. The van der Waals surface area contributed by atoms with Crippen molar-refractivity contribution in [2.75, 3.05) is 6.54 Å². The minimum Gasteiger partial charge on any atom is -0.335 e. The molecule has 2 aromatic carbocycles. The minimum absolute atomic E-state index is 0.0204. The summed E-state index contributed by atoms with van der Waals surface area (Å²) in [5.74, 6) is -0.715.